The Bertz CT molecular complexity index is 491. The average Bonchev–Trinajstić information content (AvgIpc) is 2.28. The monoisotopic (exact) mass is 355 g/mol. The summed E-state index contributed by atoms with van der Waals surface area (Å²) >= 11 is 3.35. The number of rotatable bonds is 6. The van der Waals surface area contributed by atoms with Crippen LogP contribution in [0.2, 0.25) is 0 Å². The quantitative estimate of drug-likeness (QED) is 0.821. The lowest BCUT2D eigenvalue weighted by molar-refractivity contribution is -0.137. The van der Waals surface area contributed by atoms with Crippen LogP contribution in [0.3, 0.4) is 0 Å². The van der Waals surface area contributed by atoms with Crippen molar-refractivity contribution in [2.45, 2.75) is 46.1 Å². The third kappa shape index (κ3) is 7.85. The SMILES string of the molecule is CC(C)(C)CC(CC(=O)O)NC(=O)Cc1ccc(Br)cc1. The molecule has 4 nitrogen and oxygen atoms in total. The number of hydrogen-bond donors (Lipinski definition) is 2. The van der Waals surface area contributed by atoms with Crippen molar-refractivity contribution in [2.75, 3.05) is 0 Å². The van der Waals surface area contributed by atoms with Crippen LogP contribution in [0.25, 0.3) is 0 Å². The molecule has 0 aromatic heterocycles. The van der Waals surface area contributed by atoms with Gasteiger partial charge in [0.15, 0.2) is 0 Å². The molecule has 0 saturated carbocycles. The second-order valence-corrected chi connectivity index (χ2v) is 7.35. The predicted octanol–water partition coefficient (Wildman–Crippen LogP) is 3.39. The van der Waals surface area contributed by atoms with Gasteiger partial charge in [-0.2, -0.15) is 0 Å². The van der Waals surface area contributed by atoms with E-state index in [-0.39, 0.29) is 30.2 Å². The predicted molar refractivity (Wildman–Crippen MR) is 86.1 cm³/mol. The third-order valence-corrected chi connectivity index (χ3v) is 3.45. The molecule has 5 heteroatoms. The van der Waals surface area contributed by atoms with Crippen molar-refractivity contribution in [2.24, 2.45) is 5.41 Å². The van der Waals surface area contributed by atoms with Crippen LogP contribution in [0.15, 0.2) is 28.7 Å². The molecule has 1 rings (SSSR count). The van der Waals surface area contributed by atoms with E-state index in [4.69, 9.17) is 5.11 Å². The van der Waals surface area contributed by atoms with Crippen LogP contribution >= 0.6 is 15.9 Å². The summed E-state index contributed by atoms with van der Waals surface area (Å²) in [5, 5.41) is 11.8. The second-order valence-electron chi connectivity index (χ2n) is 6.43. The molecule has 0 fully saturated rings. The van der Waals surface area contributed by atoms with Gasteiger partial charge in [-0.15, -0.1) is 0 Å². The van der Waals surface area contributed by atoms with E-state index in [2.05, 4.69) is 21.2 Å². The largest absolute Gasteiger partial charge is 0.481 e. The molecule has 0 saturated heterocycles. The van der Waals surface area contributed by atoms with Gasteiger partial charge in [-0.3, -0.25) is 9.59 Å². The molecule has 21 heavy (non-hydrogen) atoms. The number of carbonyl (C=O) groups excluding carboxylic acids is 1. The smallest absolute Gasteiger partial charge is 0.305 e. The van der Waals surface area contributed by atoms with Gasteiger partial charge in [-0.25, -0.2) is 0 Å². The summed E-state index contributed by atoms with van der Waals surface area (Å²) in [7, 11) is 0. The fraction of sp³-hybridized carbons (Fsp3) is 0.500. The summed E-state index contributed by atoms with van der Waals surface area (Å²) < 4.78 is 0.961. The van der Waals surface area contributed by atoms with Gasteiger partial charge in [0, 0.05) is 10.5 Å². The van der Waals surface area contributed by atoms with Crippen molar-refractivity contribution >= 4 is 27.8 Å². The molecule has 0 aliphatic rings. The minimum absolute atomic E-state index is 0.0367. The Labute approximate surface area is 134 Å². The van der Waals surface area contributed by atoms with Crippen LogP contribution in [0.5, 0.6) is 0 Å². The molecule has 2 N–H and O–H groups in total. The lowest BCUT2D eigenvalue weighted by Crippen LogP contribution is -2.39. The van der Waals surface area contributed by atoms with Crippen LogP contribution in [0.4, 0.5) is 0 Å². The molecular formula is C16H22BrNO3. The van der Waals surface area contributed by atoms with E-state index in [1.165, 1.54) is 0 Å². The Kier molecular flexibility index (Phi) is 6.40. The molecule has 0 radical (unpaired) electrons. The van der Waals surface area contributed by atoms with Crippen LogP contribution in [0.1, 0.15) is 39.2 Å². The average molecular weight is 356 g/mol. The molecular weight excluding hydrogens is 334 g/mol. The van der Waals surface area contributed by atoms with Gasteiger partial charge in [-0.1, -0.05) is 48.8 Å². The van der Waals surface area contributed by atoms with E-state index in [0.717, 1.165) is 10.0 Å². The van der Waals surface area contributed by atoms with Gasteiger partial charge in [0.2, 0.25) is 5.91 Å². The number of hydrogen-bond acceptors (Lipinski definition) is 2. The second kappa shape index (κ2) is 7.59. The van der Waals surface area contributed by atoms with Crippen molar-refractivity contribution < 1.29 is 14.7 Å². The van der Waals surface area contributed by atoms with Gasteiger partial charge < -0.3 is 10.4 Å². The minimum atomic E-state index is -0.895. The van der Waals surface area contributed by atoms with Crippen molar-refractivity contribution in [1.29, 1.82) is 0 Å². The van der Waals surface area contributed by atoms with Gasteiger partial charge in [0.25, 0.3) is 0 Å². The molecule has 1 unspecified atom stereocenters. The zero-order valence-electron chi connectivity index (χ0n) is 12.6. The summed E-state index contributed by atoms with van der Waals surface area (Å²) in [6, 6.07) is 7.17. The summed E-state index contributed by atoms with van der Waals surface area (Å²) in [4.78, 5) is 23.0. The first kappa shape index (κ1) is 17.7. The zero-order chi connectivity index (χ0) is 16.0. The topological polar surface area (TPSA) is 66.4 Å². The van der Waals surface area contributed by atoms with Crippen LogP contribution in [0, 0.1) is 5.41 Å². The summed E-state index contributed by atoms with van der Waals surface area (Å²) in [6.07, 6.45) is 0.836. The molecule has 1 amide bonds. The molecule has 0 aliphatic carbocycles. The van der Waals surface area contributed by atoms with Gasteiger partial charge in [0.05, 0.1) is 12.8 Å². The number of carbonyl (C=O) groups is 2. The molecule has 116 valence electrons. The number of aliphatic carboxylic acids is 1. The van der Waals surface area contributed by atoms with Crippen molar-refractivity contribution in [3.05, 3.63) is 34.3 Å². The van der Waals surface area contributed by atoms with E-state index in [0.29, 0.717) is 6.42 Å². The van der Waals surface area contributed by atoms with Gasteiger partial charge in [0.1, 0.15) is 0 Å². The first-order valence-electron chi connectivity index (χ1n) is 6.91. The Morgan fingerprint density at radius 1 is 1.24 bits per heavy atom. The molecule has 1 aromatic rings. The molecule has 0 bridgehead atoms. The normalized spacial score (nSPS) is 12.8. The number of carboxylic acids is 1. The Hall–Kier alpha value is -1.36. The standard InChI is InChI=1S/C16H22BrNO3/c1-16(2,3)10-13(9-15(20)21)18-14(19)8-11-4-6-12(17)7-5-11/h4-7,13H,8-10H2,1-3H3,(H,18,19)(H,20,21). The number of amides is 1. The summed E-state index contributed by atoms with van der Waals surface area (Å²) in [6.45, 7) is 6.09. The van der Waals surface area contributed by atoms with Crippen molar-refractivity contribution in [1.82, 2.24) is 5.32 Å². The number of halogens is 1. The van der Waals surface area contributed by atoms with Crippen LogP contribution < -0.4 is 5.32 Å². The zero-order valence-corrected chi connectivity index (χ0v) is 14.2. The first-order valence-corrected chi connectivity index (χ1v) is 7.70. The maximum absolute atomic E-state index is 12.1. The Morgan fingerprint density at radius 3 is 2.29 bits per heavy atom. The summed E-state index contributed by atoms with van der Waals surface area (Å²) in [5.74, 6) is -1.04. The molecule has 1 aromatic carbocycles. The number of benzene rings is 1. The molecule has 0 aliphatic heterocycles. The highest BCUT2D eigenvalue weighted by Gasteiger charge is 2.22. The van der Waals surface area contributed by atoms with E-state index in [9.17, 15) is 9.59 Å². The lowest BCUT2D eigenvalue weighted by atomic mass is 9.87. The maximum atomic E-state index is 12.1. The Balaban J connectivity index is 2.62. The fourth-order valence-corrected chi connectivity index (χ4v) is 2.45. The van der Waals surface area contributed by atoms with Crippen molar-refractivity contribution in [3.63, 3.8) is 0 Å². The number of carboxylic acid groups (broad SMARTS) is 1. The maximum Gasteiger partial charge on any atom is 0.305 e. The molecule has 1 atom stereocenters. The lowest BCUT2D eigenvalue weighted by Gasteiger charge is -2.25. The van der Waals surface area contributed by atoms with Gasteiger partial charge >= 0.3 is 5.97 Å². The van der Waals surface area contributed by atoms with E-state index >= 15 is 0 Å². The third-order valence-electron chi connectivity index (χ3n) is 2.92. The molecule has 0 spiro atoms. The van der Waals surface area contributed by atoms with E-state index < -0.39 is 5.97 Å². The fourth-order valence-electron chi connectivity index (χ4n) is 2.19. The van der Waals surface area contributed by atoms with E-state index in [1.54, 1.807) is 0 Å². The first-order chi connectivity index (χ1) is 9.65. The highest BCUT2D eigenvalue weighted by molar-refractivity contribution is 9.10. The minimum Gasteiger partial charge on any atom is -0.481 e. The number of nitrogens with one attached hydrogen (secondary N) is 1. The Morgan fingerprint density at radius 2 is 1.81 bits per heavy atom. The van der Waals surface area contributed by atoms with Crippen LogP contribution in [-0.2, 0) is 16.0 Å². The highest BCUT2D eigenvalue weighted by Crippen LogP contribution is 2.22. The summed E-state index contributed by atoms with van der Waals surface area (Å²) in [5.41, 5.74) is 0.867. The van der Waals surface area contributed by atoms with Crippen LogP contribution in [-0.4, -0.2) is 23.0 Å². The van der Waals surface area contributed by atoms with Crippen molar-refractivity contribution in [3.8, 4) is 0 Å². The van der Waals surface area contributed by atoms with E-state index in [1.807, 2.05) is 45.0 Å². The molecule has 0 heterocycles. The highest BCUT2D eigenvalue weighted by atomic mass is 79.9. The van der Waals surface area contributed by atoms with Gasteiger partial charge in [-0.05, 0) is 29.5 Å².